The number of carbonyl (C=O) groups excluding carboxylic acids is 1. The topological polar surface area (TPSA) is 59.8 Å². The van der Waals surface area contributed by atoms with Crippen LogP contribution in [-0.4, -0.2) is 20.7 Å². The van der Waals surface area contributed by atoms with Crippen LogP contribution < -0.4 is 5.32 Å². The van der Waals surface area contributed by atoms with Gasteiger partial charge in [0.2, 0.25) is 0 Å². The number of alkyl halides is 3. The fraction of sp³-hybridized carbons (Fsp3) is 0.182. The van der Waals surface area contributed by atoms with Crippen LogP contribution in [0.4, 0.5) is 19.0 Å². The van der Waals surface area contributed by atoms with E-state index in [2.05, 4.69) is 31.3 Å². The molecule has 0 bridgehead atoms. The van der Waals surface area contributed by atoms with Gasteiger partial charge in [-0.3, -0.25) is 9.48 Å². The fourth-order valence-corrected chi connectivity index (χ4v) is 1.84. The van der Waals surface area contributed by atoms with Crippen molar-refractivity contribution in [2.75, 3.05) is 5.32 Å². The molecule has 0 fully saturated rings. The standard InChI is InChI=1S/C11H8BrF3N4O/c1-19-3-2-8(18-19)10(20)17-9-7(12)4-6(5-16-9)11(13,14)15/h2-5H,1H3,(H,16,17,20). The summed E-state index contributed by atoms with van der Waals surface area (Å²) in [4.78, 5) is 15.4. The quantitative estimate of drug-likeness (QED) is 0.907. The van der Waals surface area contributed by atoms with Crippen molar-refractivity contribution in [2.45, 2.75) is 6.18 Å². The van der Waals surface area contributed by atoms with Crippen LogP contribution in [0.5, 0.6) is 0 Å². The molecule has 2 aromatic rings. The maximum absolute atomic E-state index is 12.5. The van der Waals surface area contributed by atoms with E-state index in [1.54, 1.807) is 13.2 Å². The highest BCUT2D eigenvalue weighted by molar-refractivity contribution is 9.10. The SMILES string of the molecule is Cn1ccc(C(=O)Nc2ncc(C(F)(F)F)cc2Br)n1. The monoisotopic (exact) mass is 348 g/mol. The molecular weight excluding hydrogens is 341 g/mol. The minimum absolute atomic E-state index is 0.00588. The lowest BCUT2D eigenvalue weighted by atomic mass is 10.3. The van der Waals surface area contributed by atoms with Crippen molar-refractivity contribution in [3.63, 3.8) is 0 Å². The van der Waals surface area contributed by atoms with E-state index < -0.39 is 17.6 Å². The third-order valence-electron chi connectivity index (χ3n) is 2.35. The molecule has 0 aliphatic carbocycles. The Morgan fingerprint density at radius 1 is 1.45 bits per heavy atom. The summed E-state index contributed by atoms with van der Waals surface area (Å²) in [6, 6.07) is 2.33. The van der Waals surface area contributed by atoms with Gasteiger partial charge in [0.05, 0.1) is 10.0 Å². The fourth-order valence-electron chi connectivity index (χ4n) is 1.39. The van der Waals surface area contributed by atoms with Crippen molar-refractivity contribution in [3.8, 4) is 0 Å². The zero-order chi connectivity index (χ0) is 14.9. The first-order valence-electron chi connectivity index (χ1n) is 5.31. The summed E-state index contributed by atoms with van der Waals surface area (Å²) in [7, 11) is 1.64. The predicted molar refractivity (Wildman–Crippen MR) is 68.1 cm³/mol. The molecule has 0 spiro atoms. The van der Waals surface area contributed by atoms with Gasteiger partial charge in [0.1, 0.15) is 5.82 Å². The first-order valence-corrected chi connectivity index (χ1v) is 6.10. The Morgan fingerprint density at radius 3 is 2.65 bits per heavy atom. The summed E-state index contributed by atoms with van der Waals surface area (Å²) < 4.78 is 38.9. The van der Waals surface area contributed by atoms with Gasteiger partial charge in [0.15, 0.2) is 5.69 Å². The molecule has 2 rings (SSSR count). The average Bonchev–Trinajstić information content (AvgIpc) is 2.77. The van der Waals surface area contributed by atoms with Gasteiger partial charge in [-0.2, -0.15) is 18.3 Å². The highest BCUT2D eigenvalue weighted by atomic mass is 79.9. The summed E-state index contributed by atoms with van der Waals surface area (Å²) in [5, 5.41) is 6.25. The third kappa shape index (κ3) is 3.16. The van der Waals surface area contributed by atoms with E-state index in [4.69, 9.17) is 0 Å². The average molecular weight is 349 g/mol. The van der Waals surface area contributed by atoms with Crippen molar-refractivity contribution in [1.82, 2.24) is 14.8 Å². The second-order valence-electron chi connectivity index (χ2n) is 3.88. The molecule has 9 heteroatoms. The largest absolute Gasteiger partial charge is 0.417 e. The Morgan fingerprint density at radius 2 is 2.15 bits per heavy atom. The van der Waals surface area contributed by atoms with Gasteiger partial charge in [0.25, 0.3) is 5.91 Å². The summed E-state index contributed by atoms with van der Waals surface area (Å²) in [5.74, 6) is -0.563. The van der Waals surface area contributed by atoms with Crippen LogP contribution >= 0.6 is 15.9 Å². The summed E-state index contributed by atoms with van der Waals surface area (Å²) in [5.41, 5.74) is -0.763. The number of hydrogen-bond donors (Lipinski definition) is 1. The summed E-state index contributed by atoms with van der Waals surface area (Å²) >= 11 is 2.94. The van der Waals surface area contributed by atoms with Gasteiger partial charge in [-0.1, -0.05) is 0 Å². The molecule has 0 saturated heterocycles. The van der Waals surface area contributed by atoms with E-state index in [0.717, 1.165) is 6.07 Å². The van der Waals surface area contributed by atoms with E-state index in [1.807, 2.05) is 0 Å². The first kappa shape index (κ1) is 14.5. The highest BCUT2D eigenvalue weighted by Crippen LogP contribution is 2.32. The van der Waals surface area contributed by atoms with Crippen LogP contribution in [0.1, 0.15) is 16.1 Å². The van der Waals surface area contributed by atoms with Crippen LogP contribution in [0, 0.1) is 0 Å². The van der Waals surface area contributed by atoms with Crippen LogP contribution in [-0.2, 0) is 13.2 Å². The van der Waals surface area contributed by atoms with Crippen LogP contribution in [0.2, 0.25) is 0 Å². The molecular formula is C11H8BrF3N4O. The molecule has 5 nitrogen and oxygen atoms in total. The predicted octanol–water partition coefficient (Wildman–Crippen LogP) is 2.85. The molecule has 106 valence electrons. The number of amides is 1. The number of rotatable bonds is 2. The molecule has 1 N–H and O–H groups in total. The number of pyridine rings is 1. The van der Waals surface area contributed by atoms with Gasteiger partial charge in [-0.05, 0) is 28.1 Å². The molecule has 20 heavy (non-hydrogen) atoms. The number of carbonyl (C=O) groups is 1. The second-order valence-corrected chi connectivity index (χ2v) is 4.74. The molecule has 2 heterocycles. The molecule has 0 radical (unpaired) electrons. The number of aryl methyl sites for hydroxylation is 1. The molecule has 2 aromatic heterocycles. The molecule has 0 aliphatic heterocycles. The van der Waals surface area contributed by atoms with E-state index >= 15 is 0 Å². The van der Waals surface area contributed by atoms with Crippen molar-refractivity contribution in [3.05, 3.63) is 40.3 Å². The van der Waals surface area contributed by atoms with Gasteiger partial charge >= 0.3 is 6.18 Å². The Hall–Kier alpha value is -1.90. The number of anilines is 1. The summed E-state index contributed by atoms with van der Waals surface area (Å²) in [6.07, 6.45) is -2.26. The van der Waals surface area contributed by atoms with Crippen molar-refractivity contribution in [1.29, 1.82) is 0 Å². The van der Waals surface area contributed by atoms with Crippen LogP contribution in [0.25, 0.3) is 0 Å². The molecule has 0 aliphatic rings. The maximum Gasteiger partial charge on any atom is 0.417 e. The number of aromatic nitrogens is 3. The van der Waals surface area contributed by atoms with Gasteiger partial charge in [0, 0.05) is 19.4 Å². The first-order chi connectivity index (χ1) is 9.27. The minimum atomic E-state index is -4.49. The Bertz CT molecular complexity index is 653. The van der Waals surface area contributed by atoms with Crippen molar-refractivity contribution < 1.29 is 18.0 Å². The third-order valence-corrected chi connectivity index (χ3v) is 2.95. The van der Waals surface area contributed by atoms with Gasteiger partial charge < -0.3 is 5.32 Å². The van der Waals surface area contributed by atoms with E-state index in [-0.39, 0.29) is 16.0 Å². The van der Waals surface area contributed by atoms with Crippen molar-refractivity contribution >= 4 is 27.7 Å². The van der Waals surface area contributed by atoms with Crippen molar-refractivity contribution in [2.24, 2.45) is 7.05 Å². The Kier molecular flexibility index (Phi) is 3.80. The Balaban J connectivity index is 2.20. The molecule has 1 amide bonds. The molecule has 0 atom stereocenters. The van der Waals surface area contributed by atoms with E-state index in [1.165, 1.54) is 10.7 Å². The molecule has 0 saturated carbocycles. The molecule has 0 aromatic carbocycles. The number of halogens is 4. The number of hydrogen-bond acceptors (Lipinski definition) is 3. The lowest BCUT2D eigenvalue weighted by molar-refractivity contribution is -0.137. The minimum Gasteiger partial charge on any atom is -0.304 e. The number of nitrogens with zero attached hydrogens (tertiary/aromatic N) is 3. The highest BCUT2D eigenvalue weighted by Gasteiger charge is 2.31. The molecule has 0 unspecified atom stereocenters. The number of nitrogens with one attached hydrogen (secondary N) is 1. The second kappa shape index (κ2) is 5.23. The Labute approximate surface area is 119 Å². The smallest absolute Gasteiger partial charge is 0.304 e. The zero-order valence-corrected chi connectivity index (χ0v) is 11.7. The zero-order valence-electron chi connectivity index (χ0n) is 10.1. The summed E-state index contributed by atoms with van der Waals surface area (Å²) in [6.45, 7) is 0. The maximum atomic E-state index is 12.5. The van der Waals surface area contributed by atoms with E-state index in [0.29, 0.717) is 6.20 Å². The normalized spacial score (nSPS) is 11.4. The van der Waals surface area contributed by atoms with Crippen LogP contribution in [0.15, 0.2) is 29.0 Å². The van der Waals surface area contributed by atoms with Crippen LogP contribution in [0.3, 0.4) is 0 Å². The lowest BCUT2D eigenvalue weighted by Crippen LogP contribution is -2.15. The lowest BCUT2D eigenvalue weighted by Gasteiger charge is -2.09. The van der Waals surface area contributed by atoms with Gasteiger partial charge in [-0.15, -0.1) is 0 Å². The van der Waals surface area contributed by atoms with Gasteiger partial charge in [-0.25, -0.2) is 4.98 Å². The van der Waals surface area contributed by atoms with E-state index in [9.17, 15) is 18.0 Å².